The van der Waals surface area contributed by atoms with Crippen LogP contribution in [-0.2, 0) is 9.53 Å². The molecular weight excluding hydrogens is 318 g/mol. The maximum Gasteiger partial charge on any atom is 0.246 e. The fourth-order valence-electron chi connectivity index (χ4n) is 2.40. The third kappa shape index (κ3) is 4.96. The van der Waals surface area contributed by atoms with E-state index in [1.54, 1.807) is 12.4 Å². The van der Waals surface area contributed by atoms with E-state index in [2.05, 4.69) is 15.3 Å². The average Bonchev–Trinajstić information content (AvgIpc) is 2.60. The lowest BCUT2D eigenvalue weighted by Crippen LogP contribution is -2.35. The molecule has 2 aromatic rings. The fraction of sp³-hybridized carbons (Fsp3) is 0.444. The van der Waals surface area contributed by atoms with Gasteiger partial charge in [0.15, 0.2) is 5.82 Å². The Kier molecular flexibility index (Phi) is 6.41. The Labute approximate surface area is 148 Å². The molecule has 25 heavy (non-hydrogen) atoms. The Morgan fingerprint density at radius 1 is 1.24 bits per heavy atom. The van der Waals surface area contributed by atoms with E-state index in [-0.39, 0.29) is 24.5 Å². The summed E-state index contributed by atoms with van der Waals surface area (Å²) in [6.45, 7) is 4.11. The highest BCUT2D eigenvalue weighted by Crippen LogP contribution is 2.26. The smallest absolute Gasteiger partial charge is 0.246 e. The zero-order chi connectivity index (χ0) is 18.4. The minimum atomic E-state index is -0.232. The van der Waals surface area contributed by atoms with Crippen LogP contribution < -0.4 is 10.2 Å². The van der Waals surface area contributed by atoms with Crippen LogP contribution in [0.25, 0.3) is 11.4 Å². The number of nitrogens with one attached hydrogen (secondary N) is 1. The largest absolute Gasteiger partial charge is 0.375 e. The number of carbonyl (C=O) groups excluding carboxylic acids is 1. The van der Waals surface area contributed by atoms with Crippen LogP contribution in [-0.4, -0.2) is 48.7 Å². The molecule has 0 fully saturated rings. The summed E-state index contributed by atoms with van der Waals surface area (Å²) in [5, 5.41) is 2.99. The first-order valence-electron chi connectivity index (χ1n) is 8.17. The van der Waals surface area contributed by atoms with Gasteiger partial charge in [0, 0.05) is 45.2 Å². The van der Waals surface area contributed by atoms with Crippen LogP contribution in [0.1, 0.15) is 25.6 Å². The van der Waals surface area contributed by atoms with Crippen molar-refractivity contribution in [3.63, 3.8) is 0 Å². The van der Waals surface area contributed by atoms with Gasteiger partial charge in [-0.25, -0.2) is 9.97 Å². The maximum absolute atomic E-state index is 12.0. The number of amides is 1. The summed E-state index contributed by atoms with van der Waals surface area (Å²) in [7, 11) is 5.35. The Balaban J connectivity index is 2.46. The minimum Gasteiger partial charge on any atom is -0.375 e. The van der Waals surface area contributed by atoms with Crippen LogP contribution in [0.3, 0.4) is 0 Å². The maximum atomic E-state index is 12.0. The lowest BCUT2D eigenvalue weighted by Gasteiger charge is -2.24. The van der Waals surface area contributed by atoms with Crippen molar-refractivity contribution >= 4 is 11.7 Å². The Morgan fingerprint density at radius 2 is 1.92 bits per heavy atom. The van der Waals surface area contributed by atoms with Crippen molar-refractivity contribution in [2.24, 2.45) is 5.92 Å². The van der Waals surface area contributed by atoms with E-state index in [1.807, 2.05) is 51.0 Å². The van der Waals surface area contributed by atoms with Gasteiger partial charge in [0.1, 0.15) is 12.4 Å². The zero-order valence-corrected chi connectivity index (χ0v) is 15.4. The quantitative estimate of drug-likeness (QED) is 0.829. The molecule has 7 heteroatoms. The zero-order valence-electron chi connectivity index (χ0n) is 15.4. The van der Waals surface area contributed by atoms with Gasteiger partial charge < -0.3 is 15.0 Å². The molecule has 2 aromatic heterocycles. The number of carbonyl (C=O) groups is 1. The summed E-state index contributed by atoms with van der Waals surface area (Å²) in [6, 6.07) is 5.41. The lowest BCUT2D eigenvalue weighted by atomic mass is 10.00. The first-order chi connectivity index (χ1) is 11.9. The Hall–Kier alpha value is -2.54. The summed E-state index contributed by atoms with van der Waals surface area (Å²) in [5.74, 6) is 1.38. The molecule has 0 aliphatic rings. The van der Waals surface area contributed by atoms with Gasteiger partial charge in [-0.2, -0.15) is 0 Å². The number of methoxy groups -OCH3 is 1. The summed E-state index contributed by atoms with van der Waals surface area (Å²) >= 11 is 0. The van der Waals surface area contributed by atoms with Crippen molar-refractivity contribution in [2.45, 2.75) is 19.9 Å². The molecule has 2 rings (SSSR count). The fourth-order valence-corrected chi connectivity index (χ4v) is 2.40. The molecule has 134 valence electrons. The number of rotatable bonds is 7. The average molecular weight is 343 g/mol. The second-order valence-corrected chi connectivity index (χ2v) is 6.33. The molecule has 0 bridgehead atoms. The van der Waals surface area contributed by atoms with Gasteiger partial charge in [-0.05, 0) is 18.1 Å². The first kappa shape index (κ1) is 18.8. The van der Waals surface area contributed by atoms with Crippen molar-refractivity contribution < 1.29 is 9.53 Å². The standard InChI is InChI=1S/C18H25N5O2/c1-12(2)17(22-16(24)11-25-5)14-10-15(23(3)4)21-18(20-14)13-6-8-19-9-7-13/h6-10,12,17H,11H2,1-5H3,(H,22,24). The Bertz CT molecular complexity index is 704. The normalized spacial score (nSPS) is 12.1. The van der Waals surface area contributed by atoms with Gasteiger partial charge >= 0.3 is 0 Å². The third-order valence-corrected chi connectivity index (χ3v) is 3.71. The topological polar surface area (TPSA) is 80.2 Å². The molecule has 1 atom stereocenters. The summed E-state index contributed by atoms with van der Waals surface area (Å²) < 4.78 is 4.92. The molecule has 1 unspecified atom stereocenters. The summed E-state index contributed by atoms with van der Waals surface area (Å²) in [4.78, 5) is 27.3. The van der Waals surface area contributed by atoms with Crippen molar-refractivity contribution in [2.75, 3.05) is 32.7 Å². The number of hydrogen-bond donors (Lipinski definition) is 1. The molecule has 0 saturated heterocycles. The van der Waals surface area contributed by atoms with Gasteiger partial charge in [0.05, 0.1) is 11.7 Å². The molecule has 0 saturated carbocycles. The van der Waals surface area contributed by atoms with E-state index in [4.69, 9.17) is 9.72 Å². The number of aromatic nitrogens is 3. The van der Waals surface area contributed by atoms with Crippen molar-refractivity contribution in [1.82, 2.24) is 20.3 Å². The number of pyridine rings is 1. The summed E-state index contributed by atoms with van der Waals surface area (Å²) in [6.07, 6.45) is 3.42. The van der Waals surface area contributed by atoms with E-state index >= 15 is 0 Å². The summed E-state index contributed by atoms with van der Waals surface area (Å²) in [5.41, 5.74) is 1.65. The van der Waals surface area contributed by atoms with Crippen LogP contribution >= 0.6 is 0 Å². The second-order valence-electron chi connectivity index (χ2n) is 6.33. The molecule has 0 aliphatic carbocycles. The number of nitrogens with zero attached hydrogens (tertiary/aromatic N) is 4. The lowest BCUT2D eigenvalue weighted by molar-refractivity contribution is -0.125. The SMILES string of the molecule is COCC(=O)NC(c1cc(N(C)C)nc(-c2ccncc2)n1)C(C)C. The van der Waals surface area contributed by atoms with Crippen LogP contribution in [0.15, 0.2) is 30.6 Å². The molecule has 7 nitrogen and oxygen atoms in total. The minimum absolute atomic E-state index is 0.0199. The molecule has 0 aliphatic heterocycles. The highest BCUT2D eigenvalue weighted by molar-refractivity contribution is 5.77. The molecule has 2 heterocycles. The first-order valence-corrected chi connectivity index (χ1v) is 8.17. The van der Waals surface area contributed by atoms with Crippen LogP contribution in [0, 0.1) is 5.92 Å². The number of hydrogen-bond acceptors (Lipinski definition) is 6. The van der Waals surface area contributed by atoms with E-state index in [1.165, 1.54) is 7.11 Å². The van der Waals surface area contributed by atoms with Crippen LogP contribution in [0.5, 0.6) is 0 Å². The number of ether oxygens (including phenoxy) is 1. The highest BCUT2D eigenvalue weighted by atomic mass is 16.5. The van der Waals surface area contributed by atoms with E-state index < -0.39 is 0 Å². The van der Waals surface area contributed by atoms with Crippen molar-refractivity contribution in [3.8, 4) is 11.4 Å². The molecule has 1 N–H and O–H groups in total. The van der Waals surface area contributed by atoms with E-state index in [0.29, 0.717) is 5.82 Å². The molecule has 0 radical (unpaired) electrons. The number of anilines is 1. The molecule has 1 amide bonds. The van der Waals surface area contributed by atoms with Gasteiger partial charge in [0.25, 0.3) is 0 Å². The van der Waals surface area contributed by atoms with Gasteiger partial charge in [-0.1, -0.05) is 13.8 Å². The third-order valence-electron chi connectivity index (χ3n) is 3.71. The van der Waals surface area contributed by atoms with Crippen molar-refractivity contribution in [1.29, 1.82) is 0 Å². The van der Waals surface area contributed by atoms with E-state index in [9.17, 15) is 4.79 Å². The van der Waals surface area contributed by atoms with E-state index in [0.717, 1.165) is 17.1 Å². The molecule has 0 aromatic carbocycles. The van der Waals surface area contributed by atoms with Crippen LogP contribution in [0.2, 0.25) is 0 Å². The van der Waals surface area contributed by atoms with Crippen LogP contribution in [0.4, 0.5) is 5.82 Å². The highest BCUT2D eigenvalue weighted by Gasteiger charge is 2.22. The second kappa shape index (κ2) is 8.53. The van der Waals surface area contributed by atoms with Gasteiger partial charge in [0.2, 0.25) is 5.91 Å². The van der Waals surface area contributed by atoms with Gasteiger partial charge in [-0.3, -0.25) is 9.78 Å². The molecular formula is C18H25N5O2. The monoisotopic (exact) mass is 343 g/mol. The molecule has 0 spiro atoms. The van der Waals surface area contributed by atoms with Crippen molar-refractivity contribution in [3.05, 3.63) is 36.3 Å². The van der Waals surface area contributed by atoms with Gasteiger partial charge in [-0.15, -0.1) is 0 Å². The predicted molar refractivity (Wildman–Crippen MR) is 97.2 cm³/mol. The predicted octanol–water partition coefficient (Wildman–Crippen LogP) is 2.06. The Morgan fingerprint density at radius 3 is 2.48 bits per heavy atom.